The van der Waals surface area contributed by atoms with Gasteiger partial charge in [0, 0.05) is 30.7 Å². The number of hydrogen-bond acceptors (Lipinski definition) is 3. The van der Waals surface area contributed by atoms with E-state index >= 15 is 0 Å². The molecule has 0 radical (unpaired) electrons. The molecule has 1 amide bonds. The summed E-state index contributed by atoms with van der Waals surface area (Å²) >= 11 is 0. The molecule has 1 aromatic rings. The number of benzene rings is 1. The SMILES string of the molecule is COC1CC(NCc2ccccc2C(N)=O)C1(C)C. The Balaban J connectivity index is 1.99. The summed E-state index contributed by atoms with van der Waals surface area (Å²) in [5.74, 6) is -0.375. The van der Waals surface area contributed by atoms with Crippen LogP contribution in [0.5, 0.6) is 0 Å². The summed E-state index contributed by atoms with van der Waals surface area (Å²) in [5, 5.41) is 3.50. The van der Waals surface area contributed by atoms with E-state index in [1.807, 2.05) is 18.2 Å². The van der Waals surface area contributed by atoms with Gasteiger partial charge in [0.25, 0.3) is 0 Å². The number of carbonyl (C=O) groups excluding carboxylic acids is 1. The summed E-state index contributed by atoms with van der Waals surface area (Å²) in [6.45, 7) is 5.05. The van der Waals surface area contributed by atoms with Gasteiger partial charge in [0.2, 0.25) is 5.91 Å². The number of amides is 1. The fraction of sp³-hybridized carbons (Fsp3) is 0.533. The number of nitrogens with two attached hydrogens (primary N) is 1. The van der Waals surface area contributed by atoms with Gasteiger partial charge in [0.05, 0.1) is 6.10 Å². The van der Waals surface area contributed by atoms with Crippen molar-refractivity contribution in [3.8, 4) is 0 Å². The van der Waals surface area contributed by atoms with Crippen LogP contribution >= 0.6 is 0 Å². The molecule has 4 nitrogen and oxygen atoms in total. The highest BCUT2D eigenvalue weighted by Crippen LogP contribution is 2.42. The topological polar surface area (TPSA) is 64.3 Å². The predicted molar refractivity (Wildman–Crippen MR) is 74.8 cm³/mol. The van der Waals surface area contributed by atoms with E-state index in [1.165, 1.54) is 0 Å². The maximum Gasteiger partial charge on any atom is 0.249 e. The Kier molecular flexibility index (Phi) is 3.92. The molecule has 104 valence electrons. The van der Waals surface area contributed by atoms with Gasteiger partial charge in [-0.3, -0.25) is 4.79 Å². The van der Waals surface area contributed by atoms with Gasteiger partial charge in [-0.25, -0.2) is 0 Å². The van der Waals surface area contributed by atoms with Crippen LogP contribution in [0.4, 0.5) is 0 Å². The van der Waals surface area contributed by atoms with E-state index in [2.05, 4.69) is 19.2 Å². The third-order valence-electron chi connectivity index (χ3n) is 4.28. The minimum atomic E-state index is -0.375. The summed E-state index contributed by atoms with van der Waals surface area (Å²) in [5.41, 5.74) is 7.04. The normalized spacial score (nSPS) is 24.8. The maximum atomic E-state index is 11.4. The molecule has 0 saturated heterocycles. The van der Waals surface area contributed by atoms with Crippen molar-refractivity contribution in [1.82, 2.24) is 5.32 Å². The highest BCUT2D eigenvalue weighted by molar-refractivity contribution is 5.94. The summed E-state index contributed by atoms with van der Waals surface area (Å²) in [6.07, 6.45) is 1.30. The van der Waals surface area contributed by atoms with Crippen LogP contribution in [-0.4, -0.2) is 25.2 Å². The van der Waals surface area contributed by atoms with Crippen LogP contribution in [0.25, 0.3) is 0 Å². The standard InChI is InChI=1S/C15H22N2O2/c1-15(2)12(8-13(15)19-3)17-9-10-6-4-5-7-11(10)14(16)18/h4-7,12-13,17H,8-9H2,1-3H3,(H2,16,18). The summed E-state index contributed by atoms with van der Waals surface area (Å²) in [6, 6.07) is 7.86. The van der Waals surface area contributed by atoms with Gasteiger partial charge in [-0.15, -0.1) is 0 Å². The van der Waals surface area contributed by atoms with Crippen LogP contribution in [-0.2, 0) is 11.3 Å². The zero-order valence-corrected chi connectivity index (χ0v) is 11.8. The number of methoxy groups -OCH3 is 1. The number of ether oxygens (including phenoxy) is 1. The van der Waals surface area contributed by atoms with Gasteiger partial charge >= 0.3 is 0 Å². The van der Waals surface area contributed by atoms with E-state index in [4.69, 9.17) is 10.5 Å². The van der Waals surface area contributed by atoms with Crippen molar-refractivity contribution in [1.29, 1.82) is 0 Å². The number of rotatable bonds is 5. The highest BCUT2D eigenvalue weighted by Gasteiger charge is 2.48. The van der Waals surface area contributed by atoms with Crippen molar-refractivity contribution in [3.63, 3.8) is 0 Å². The number of primary amides is 1. The Labute approximate surface area is 114 Å². The lowest BCUT2D eigenvalue weighted by Gasteiger charge is -2.51. The maximum absolute atomic E-state index is 11.4. The van der Waals surface area contributed by atoms with Crippen LogP contribution in [0.3, 0.4) is 0 Å². The molecule has 4 heteroatoms. The monoisotopic (exact) mass is 262 g/mol. The van der Waals surface area contributed by atoms with E-state index in [1.54, 1.807) is 13.2 Å². The summed E-state index contributed by atoms with van der Waals surface area (Å²) < 4.78 is 5.43. The molecule has 2 rings (SSSR count). The quantitative estimate of drug-likeness (QED) is 0.848. The Morgan fingerprint density at radius 1 is 1.47 bits per heavy atom. The number of hydrogen-bond donors (Lipinski definition) is 2. The molecule has 1 aromatic carbocycles. The molecular formula is C15H22N2O2. The molecule has 1 aliphatic carbocycles. The zero-order valence-electron chi connectivity index (χ0n) is 11.8. The third-order valence-corrected chi connectivity index (χ3v) is 4.28. The third kappa shape index (κ3) is 2.65. The van der Waals surface area contributed by atoms with Gasteiger partial charge in [-0.2, -0.15) is 0 Å². The minimum Gasteiger partial charge on any atom is -0.381 e. The average molecular weight is 262 g/mol. The lowest BCUT2D eigenvalue weighted by molar-refractivity contribution is -0.0979. The molecule has 19 heavy (non-hydrogen) atoms. The zero-order chi connectivity index (χ0) is 14.0. The second-order valence-electron chi connectivity index (χ2n) is 5.74. The Hall–Kier alpha value is -1.39. The first kappa shape index (κ1) is 14.0. The van der Waals surface area contributed by atoms with Crippen LogP contribution < -0.4 is 11.1 Å². The first-order valence-electron chi connectivity index (χ1n) is 6.60. The largest absolute Gasteiger partial charge is 0.381 e. The van der Waals surface area contributed by atoms with Gasteiger partial charge in [0.1, 0.15) is 0 Å². The van der Waals surface area contributed by atoms with Crippen molar-refractivity contribution in [3.05, 3.63) is 35.4 Å². The number of carbonyl (C=O) groups is 1. The molecule has 3 N–H and O–H groups in total. The van der Waals surface area contributed by atoms with Crippen LogP contribution in [0.1, 0.15) is 36.2 Å². The van der Waals surface area contributed by atoms with E-state index < -0.39 is 0 Å². The lowest BCUT2D eigenvalue weighted by atomic mass is 9.64. The van der Waals surface area contributed by atoms with E-state index in [9.17, 15) is 4.79 Å². The van der Waals surface area contributed by atoms with Crippen molar-refractivity contribution in [2.24, 2.45) is 11.1 Å². The second-order valence-corrected chi connectivity index (χ2v) is 5.74. The first-order chi connectivity index (χ1) is 8.96. The molecule has 1 saturated carbocycles. The molecule has 2 atom stereocenters. The highest BCUT2D eigenvalue weighted by atomic mass is 16.5. The molecule has 1 aliphatic rings. The summed E-state index contributed by atoms with van der Waals surface area (Å²) in [7, 11) is 1.75. The van der Waals surface area contributed by atoms with Crippen LogP contribution in [0.15, 0.2) is 24.3 Å². The lowest BCUT2D eigenvalue weighted by Crippen LogP contribution is -2.60. The first-order valence-corrected chi connectivity index (χ1v) is 6.60. The Bertz CT molecular complexity index is 471. The van der Waals surface area contributed by atoms with Gasteiger partial charge in [0.15, 0.2) is 0 Å². The fourth-order valence-electron chi connectivity index (χ4n) is 2.78. The Morgan fingerprint density at radius 3 is 2.74 bits per heavy atom. The van der Waals surface area contributed by atoms with E-state index in [-0.39, 0.29) is 11.3 Å². The van der Waals surface area contributed by atoms with Gasteiger partial charge < -0.3 is 15.8 Å². The van der Waals surface area contributed by atoms with Crippen LogP contribution in [0, 0.1) is 5.41 Å². The molecule has 0 spiro atoms. The molecule has 0 aliphatic heterocycles. The van der Waals surface area contributed by atoms with Crippen LogP contribution in [0.2, 0.25) is 0 Å². The molecule has 0 aromatic heterocycles. The van der Waals surface area contributed by atoms with Crippen molar-refractivity contribution in [2.75, 3.05) is 7.11 Å². The van der Waals surface area contributed by atoms with Gasteiger partial charge in [-0.1, -0.05) is 32.0 Å². The Morgan fingerprint density at radius 2 is 2.16 bits per heavy atom. The van der Waals surface area contributed by atoms with Crippen molar-refractivity contribution in [2.45, 2.75) is 39.0 Å². The van der Waals surface area contributed by atoms with E-state index in [0.29, 0.717) is 24.3 Å². The number of nitrogens with one attached hydrogen (secondary N) is 1. The molecular weight excluding hydrogens is 240 g/mol. The minimum absolute atomic E-state index is 0.121. The molecule has 0 bridgehead atoms. The molecule has 0 heterocycles. The smallest absolute Gasteiger partial charge is 0.249 e. The van der Waals surface area contributed by atoms with Crippen molar-refractivity contribution < 1.29 is 9.53 Å². The van der Waals surface area contributed by atoms with Crippen molar-refractivity contribution >= 4 is 5.91 Å². The average Bonchev–Trinajstić information content (AvgIpc) is 2.38. The summed E-state index contributed by atoms with van der Waals surface area (Å²) in [4.78, 5) is 11.4. The molecule has 1 fully saturated rings. The fourth-order valence-corrected chi connectivity index (χ4v) is 2.78. The predicted octanol–water partition coefficient (Wildman–Crippen LogP) is 1.69. The van der Waals surface area contributed by atoms with Gasteiger partial charge in [-0.05, 0) is 18.1 Å². The van der Waals surface area contributed by atoms with E-state index in [0.717, 1.165) is 12.0 Å². The second kappa shape index (κ2) is 5.31. The molecule has 2 unspecified atom stereocenters.